The van der Waals surface area contributed by atoms with Gasteiger partial charge in [0.25, 0.3) is 0 Å². The third kappa shape index (κ3) is 6.57. The highest BCUT2D eigenvalue weighted by Crippen LogP contribution is 2.28. The van der Waals surface area contributed by atoms with E-state index in [1.165, 1.54) is 0 Å². The summed E-state index contributed by atoms with van der Waals surface area (Å²) in [5, 5.41) is 11.2. The van der Waals surface area contributed by atoms with Crippen LogP contribution in [0, 0.1) is 11.3 Å². The van der Waals surface area contributed by atoms with E-state index in [-0.39, 0.29) is 12.3 Å². The molecule has 0 aliphatic heterocycles. The summed E-state index contributed by atoms with van der Waals surface area (Å²) >= 11 is 0. The van der Waals surface area contributed by atoms with Crippen molar-refractivity contribution < 1.29 is 14.3 Å². The van der Waals surface area contributed by atoms with Gasteiger partial charge in [0.1, 0.15) is 13.0 Å². The zero-order valence-corrected chi connectivity index (χ0v) is 14.1. The van der Waals surface area contributed by atoms with E-state index >= 15 is 0 Å². The lowest BCUT2D eigenvalue weighted by atomic mass is 10.2. The number of methoxy groups -OCH3 is 1. The first-order valence-corrected chi connectivity index (χ1v) is 7.80. The normalized spacial score (nSPS) is 10.2. The zero-order chi connectivity index (χ0) is 17.1. The van der Waals surface area contributed by atoms with Gasteiger partial charge >= 0.3 is 0 Å². The van der Waals surface area contributed by atoms with Crippen molar-refractivity contribution in [2.24, 2.45) is 0 Å². The molecule has 0 radical (unpaired) electrons. The van der Waals surface area contributed by atoms with Crippen LogP contribution < -0.4 is 14.8 Å². The second kappa shape index (κ2) is 10.5. The molecule has 0 fully saturated rings. The summed E-state index contributed by atoms with van der Waals surface area (Å²) < 4.78 is 11.1. The monoisotopic (exact) mass is 319 g/mol. The van der Waals surface area contributed by atoms with Crippen LogP contribution in [0.5, 0.6) is 11.5 Å². The quantitative estimate of drug-likeness (QED) is 0.713. The number of nitrogens with one attached hydrogen (secondary N) is 1. The summed E-state index contributed by atoms with van der Waals surface area (Å²) in [7, 11) is 1.60. The van der Waals surface area contributed by atoms with Gasteiger partial charge in [0.15, 0.2) is 11.5 Å². The molecule has 1 amide bonds. The smallest absolute Gasteiger partial charge is 0.234 e. The van der Waals surface area contributed by atoms with E-state index in [9.17, 15) is 4.79 Å². The molecule has 0 saturated carbocycles. The Morgan fingerprint density at radius 3 is 2.65 bits per heavy atom. The largest absolute Gasteiger partial charge is 0.493 e. The van der Waals surface area contributed by atoms with E-state index in [1.807, 2.05) is 24.3 Å². The minimum absolute atomic E-state index is 0.136. The molecule has 0 atom stereocenters. The van der Waals surface area contributed by atoms with Crippen LogP contribution in [0.15, 0.2) is 18.2 Å². The van der Waals surface area contributed by atoms with Crippen molar-refractivity contribution in [2.45, 2.75) is 26.8 Å². The molecule has 0 saturated heterocycles. The predicted molar refractivity (Wildman–Crippen MR) is 88.4 cm³/mol. The summed E-state index contributed by atoms with van der Waals surface area (Å²) in [5.74, 6) is 1.04. The number of hydrogen-bond acceptors (Lipinski definition) is 5. The first-order chi connectivity index (χ1) is 11.1. The van der Waals surface area contributed by atoms with Crippen molar-refractivity contribution in [3.05, 3.63) is 23.8 Å². The maximum atomic E-state index is 11.3. The average molecular weight is 319 g/mol. The van der Waals surface area contributed by atoms with E-state index in [1.54, 1.807) is 7.11 Å². The maximum Gasteiger partial charge on any atom is 0.234 e. The molecular weight excluding hydrogens is 294 g/mol. The van der Waals surface area contributed by atoms with Gasteiger partial charge in [0.2, 0.25) is 5.91 Å². The number of benzene rings is 1. The minimum Gasteiger partial charge on any atom is -0.493 e. The Morgan fingerprint density at radius 2 is 2.04 bits per heavy atom. The highest BCUT2D eigenvalue weighted by atomic mass is 16.5. The Balaban J connectivity index is 2.64. The molecule has 0 heterocycles. The Hall–Kier alpha value is -2.26. The van der Waals surface area contributed by atoms with Crippen molar-refractivity contribution in [3.63, 3.8) is 0 Å². The van der Waals surface area contributed by atoms with Gasteiger partial charge in [0.05, 0.1) is 13.2 Å². The number of nitriles is 1. The Bertz CT molecular complexity index is 536. The number of nitrogens with zero attached hydrogens (tertiary/aromatic N) is 2. The molecule has 6 nitrogen and oxygen atoms in total. The lowest BCUT2D eigenvalue weighted by Gasteiger charge is -2.19. The van der Waals surface area contributed by atoms with Crippen molar-refractivity contribution in [1.82, 2.24) is 10.2 Å². The van der Waals surface area contributed by atoms with Gasteiger partial charge in [-0.2, -0.15) is 5.26 Å². The highest BCUT2D eigenvalue weighted by molar-refractivity contribution is 5.77. The number of hydrogen-bond donors (Lipinski definition) is 1. The Morgan fingerprint density at radius 1 is 1.30 bits per heavy atom. The number of carbonyl (C=O) groups excluding carboxylic acids is 1. The molecule has 0 aliphatic carbocycles. The molecule has 0 aromatic heterocycles. The predicted octanol–water partition coefficient (Wildman–Crippen LogP) is 1.95. The number of rotatable bonds is 10. The molecule has 23 heavy (non-hydrogen) atoms. The van der Waals surface area contributed by atoms with Gasteiger partial charge < -0.3 is 19.7 Å². The first kappa shape index (κ1) is 18.8. The molecule has 0 spiro atoms. The van der Waals surface area contributed by atoms with Crippen LogP contribution in [0.4, 0.5) is 0 Å². The molecule has 0 unspecified atom stereocenters. The molecule has 1 N–H and O–H groups in total. The molecule has 1 rings (SSSR count). The van der Waals surface area contributed by atoms with Crippen molar-refractivity contribution in [1.29, 1.82) is 5.26 Å². The summed E-state index contributed by atoms with van der Waals surface area (Å²) in [6.45, 7) is 7.99. The number of ether oxygens (including phenoxy) is 2. The fourth-order valence-corrected chi connectivity index (χ4v) is 2.10. The lowest BCUT2D eigenvalue weighted by molar-refractivity contribution is -0.120. The topological polar surface area (TPSA) is 74.6 Å². The lowest BCUT2D eigenvalue weighted by Crippen LogP contribution is -2.28. The molecule has 1 aromatic carbocycles. The van der Waals surface area contributed by atoms with Crippen LogP contribution in [0.3, 0.4) is 0 Å². The van der Waals surface area contributed by atoms with Gasteiger partial charge in [-0.05, 0) is 30.8 Å². The van der Waals surface area contributed by atoms with Crippen molar-refractivity contribution >= 4 is 5.91 Å². The third-order valence-electron chi connectivity index (χ3n) is 3.52. The van der Waals surface area contributed by atoms with Gasteiger partial charge in [-0.1, -0.05) is 19.9 Å². The standard InChI is InChI=1S/C17H25N3O3/c1-4-20(5-2)10-11-23-16-12-14(6-7-15(16)22-3)13-19-17(21)8-9-18/h6-7,12H,4-5,8,10-11,13H2,1-3H3,(H,19,21). The van der Waals surface area contributed by atoms with E-state index < -0.39 is 0 Å². The third-order valence-corrected chi connectivity index (χ3v) is 3.52. The van der Waals surface area contributed by atoms with E-state index in [0.717, 1.165) is 25.2 Å². The van der Waals surface area contributed by atoms with Crippen LogP contribution in [0.2, 0.25) is 0 Å². The fraction of sp³-hybridized carbons (Fsp3) is 0.529. The molecule has 0 aliphatic rings. The van der Waals surface area contributed by atoms with Crippen LogP contribution in [-0.4, -0.2) is 44.2 Å². The summed E-state index contributed by atoms with van der Waals surface area (Å²) in [5.41, 5.74) is 0.898. The van der Waals surface area contributed by atoms with Gasteiger partial charge in [-0.25, -0.2) is 0 Å². The molecule has 0 bridgehead atoms. The van der Waals surface area contributed by atoms with Crippen LogP contribution in [0.25, 0.3) is 0 Å². The summed E-state index contributed by atoms with van der Waals surface area (Å²) in [4.78, 5) is 13.6. The Labute approximate surface area is 138 Å². The fourth-order valence-electron chi connectivity index (χ4n) is 2.10. The van der Waals surface area contributed by atoms with Crippen LogP contribution >= 0.6 is 0 Å². The molecule has 6 heteroatoms. The summed E-state index contributed by atoms with van der Waals surface area (Å²) in [6.07, 6.45) is -0.136. The van der Waals surface area contributed by atoms with Crippen LogP contribution in [0.1, 0.15) is 25.8 Å². The minimum atomic E-state index is -0.285. The second-order valence-corrected chi connectivity index (χ2v) is 4.97. The van der Waals surface area contributed by atoms with E-state index in [4.69, 9.17) is 14.7 Å². The highest BCUT2D eigenvalue weighted by Gasteiger charge is 2.08. The number of likely N-dealkylation sites (N-methyl/N-ethyl adjacent to an activating group) is 1. The maximum absolute atomic E-state index is 11.3. The van der Waals surface area contributed by atoms with Crippen molar-refractivity contribution in [2.75, 3.05) is 33.4 Å². The molecule has 1 aromatic rings. The van der Waals surface area contributed by atoms with Gasteiger partial charge in [-0.15, -0.1) is 0 Å². The first-order valence-electron chi connectivity index (χ1n) is 7.80. The van der Waals surface area contributed by atoms with Gasteiger partial charge in [-0.3, -0.25) is 4.79 Å². The van der Waals surface area contributed by atoms with E-state index in [0.29, 0.717) is 24.7 Å². The average Bonchev–Trinajstić information content (AvgIpc) is 2.57. The van der Waals surface area contributed by atoms with Crippen LogP contribution in [-0.2, 0) is 11.3 Å². The van der Waals surface area contributed by atoms with Crippen molar-refractivity contribution in [3.8, 4) is 17.6 Å². The van der Waals surface area contributed by atoms with E-state index in [2.05, 4.69) is 24.1 Å². The summed E-state index contributed by atoms with van der Waals surface area (Å²) in [6, 6.07) is 7.36. The number of amides is 1. The molecule has 126 valence electrons. The number of carbonyl (C=O) groups is 1. The second-order valence-electron chi connectivity index (χ2n) is 4.97. The Kier molecular flexibility index (Phi) is 8.55. The SMILES string of the molecule is CCN(CC)CCOc1cc(CNC(=O)CC#N)ccc1OC. The zero-order valence-electron chi connectivity index (χ0n) is 14.1. The van der Waals surface area contributed by atoms with Gasteiger partial charge in [0, 0.05) is 13.1 Å². The molecular formula is C17H25N3O3.